The molecule has 0 radical (unpaired) electrons. The van der Waals surface area contributed by atoms with E-state index in [2.05, 4.69) is 0 Å². The Morgan fingerprint density at radius 1 is 0.976 bits per heavy atom. The van der Waals surface area contributed by atoms with Crippen LogP contribution in [0.5, 0.6) is 17.2 Å². The second-order valence-corrected chi connectivity index (χ2v) is 14.1. The first kappa shape index (κ1) is 30.3. The lowest BCUT2D eigenvalue weighted by atomic mass is 9.92. The average Bonchev–Trinajstić information content (AvgIpc) is 3.27. The predicted octanol–water partition coefficient (Wildman–Crippen LogP) is 5.55. The van der Waals surface area contributed by atoms with Crippen LogP contribution in [0.2, 0.25) is 0 Å². The maximum Gasteiger partial charge on any atom is 0.254 e. The first-order valence-corrected chi connectivity index (χ1v) is 16.0. The van der Waals surface area contributed by atoms with Crippen LogP contribution in [-0.4, -0.2) is 46.8 Å². The summed E-state index contributed by atoms with van der Waals surface area (Å²) in [5.74, 6) is 1.25. The van der Waals surface area contributed by atoms with Gasteiger partial charge in [0.2, 0.25) is 10.0 Å². The van der Waals surface area contributed by atoms with E-state index < -0.39 is 15.6 Å². The van der Waals surface area contributed by atoms with Crippen LogP contribution >= 0.6 is 0 Å². The first-order valence-electron chi connectivity index (χ1n) is 14.4. The smallest absolute Gasteiger partial charge is 0.254 e. The maximum absolute atomic E-state index is 14.0. The Balaban J connectivity index is 1.51. The Morgan fingerprint density at radius 3 is 2.24 bits per heavy atom. The molecular weight excluding hydrogens is 559 g/mol. The molecular formula is C32H39FN2O6S. The number of rotatable bonds is 7. The molecule has 2 aliphatic rings. The van der Waals surface area contributed by atoms with Gasteiger partial charge >= 0.3 is 0 Å². The third kappa shape index (κ3) is 6.26. The number of halogens is 1. The molecule has 0 amide bonds. The summed E-state index contributed by atoms with van der Waals surface area (Å²) in [4.78, 5) is 12.8. The van der Waals surface area contributed by atoms with Crippen molar-refractivity contribution in [3.8, 4) is 28.4 Å². The van der Waals surface area contributed by atoms with Crippen LogP contribution in [0, 0.1) is 19.7 Å². The van der Waals surface area contributed by atoms with E-state index in [1.165, 1.54) is 22.8 Å². The highest BCUT2D eigenvalue weighted by Gasteiger charge is 2.37. The van der Waals surface area contributed by atoms with Crippen LogP contribution < -0.4 is 15.0 Å². The zero-order chi connectivity index (χ0) is 30.4. The highest BCUT2D eigenvalue weighted by molar-refractivity contribution is 7.89. The minimum absolute atomic E-state index is 0.0221. The lowest BCUT2D eigenvalue weighted by Gasteiger charge is -2.34. The van der Waals surface area contributed by atoms with Gasteiger partial charge in [0.15, 0.2) is 0 Å². The van der Waals surface area contributed by atoms with Crippen LogP contribution in [0.1, 0.15) is 62.6 Å². The highest BCUT2D eigenvalue weighted by Crippen LogP contribution is 2.42. The summed E-state index contributed by atoms with van der Waals surface area (Å²) in [5.41, 5.74) is 1.75. The summed E-state index contributed by atoms with van der Waals surface area (Å²) in [6.07, 6.45) is 4.87. The van der Waals surface area contributed by atoms with E-state index in [9.17, 15) is 22.7 Å². The molecule has 2 heterocycles. The van der Waals surface area contributed by atoms with Crippen LogP contribution in [0.15, 0.2) is 47.4 Å². The van der Waals surface area contributed by atoms with E-state index >= 15 is 0 Å². The summed E-state index contributed by atoms with van der Waals surface area (Å²) >= 11 is 0. The lowest BCUT2D eigenvalue weighted by molar-refractivity contribution is 0.0786. The molecule has 0 unspecified atom stereocenters. The zero-order valence-electron chi connectivity index (χ0n) is 24.8. The van der Waals surface area contributed by atoms with Gasteiger partial charge in [0.1, 0.15) is 23.1 Å². The molecule has 42 heavy (non-hydrogen) atoms. The summed E-state index contributed by atoms with van der Waals surface area (Å²) in [6.45, 7) is 7.52. The molecule has 226 valence electrons. The maximum atomic E-state index is 14.0. The molecule has 1 aliphatic carbocycles. The van der Waals surface area contributed by atoms with Gasteiger partial charge in [0.05, 0.1) is 17.5 Å². The van der Waals surface area contributed by atoms with E-state index in [-0.39, 0.29) is 29.3 Å². The van der Waals surface area contributed by atoms with Gasteiger partial charge in [-0.1, -0.05) is 6.07 Å². The molecule has 1 saturated carbocycles. The van der Waals surface area contributed by atoms with E-state index in [4.69, 9.17) is 9.47 Å². The number of aliphatic hydroxyl groups is 1. The minimum Gasteiger partial charge on any atom is -0.490 e. The quantitative estimate of drug-likeness (QED) is 0.383. The molecule has 8 nitrogen and oxygen atoms in total. The van der Waals surface area contributed by atoms with Crippen molar-refractivity contribution in [2.24, 2.45) is 7.05 Å². The second kappa shape index (κ2) is 11.5. The van der Waals surface area contributed by atoms with E-state index in [0.29, 0.717) is 83.7 Å². The molecule has 1 aromatic heterocycles. The minimum atomic E-state index is -3.18. The number of ether oxygens (including phenoxy) is 2. The third-order valence-electron chi connectivity index (χ3n) is 8.29. The Bertz CT molecular complexity index is 1630. The fraction of sp³-hybridized carbons (Fsp3) is 0.469. The number of nitrogens with zero attached hydrogens (tertiary/aromatic N) is 2. The molecule has 0 bridgehead atoms. The molecule has 10 heteroatoms. The van der Waals surface area contributed by atoms with E-state index in [0.717, 1.165) is 0 Å². The van der Waals surface area contributed by atoms with Gasteiger partial charge < -0.3 is 19.1 Å². The SMILES string of the molecule is Cc1cc(F)cc(C)c1Oc1ccc(C(C)(C)O)cc1-c1cn(C)c(=O)cc1OC1CCC(N2CCCS2(=O)=O)CC1. The van der Waals surface area contributed by atoms with Crippen LogP contribution in [0.25, 0.3) is 11.1 Å². The topological polar surface area (TPSA) is 98.1 Å². The number of sulfonamides is 1. The predicted molar refractivity (Wildman–Crippen MR) is 160 cm³/mol. The number of hydrogen-bond acceptors (Lipinski definition) is 6. The monoisotopic (exact) mass is 598 g/mol. The second-order valence-electron chi connectivity index (χ2n) is 12.1. The molecule has 2 fully saturated rings. The van der Waals surface area contributed by atoms with Gasteiger partial charge in [-0.15, -0.1) is 0 Å². The lowest BCUT2D eigenvalue weighted by Crippen LogP contribution is -2.41. The summed E-state index contributed by atoms with van der Waals surface area (Å²) in [5, 5.41) is 10.8. The van der Waals surface area contributed by atoms with E-state index in [1.807, 2.05) is 6.07 Å². The molecule has 0 spiro atoms. The molecule has 1 saturated heterocycles. The van der Waals surface area contributed by atoms with Crippen molar-refractivity contribution in [1.29, 1.82) is 0 Å². The molecule has 1 N–H and O–H groups in total. The Kier molecular flexibility index (Phi) is 8.26. The number of hydrogen-bond donors (Lipinski definition) is 1. The van der Waals surface area contributed by atoms with E-state index in [1.54, 1.807) is 57.4 Å². The van der Waals surface area contributed by atoms with Crippen LogP contribution in [0.4, 0.5) is 4.39 Å². The summed E-state index contributed by atoms with van der Waals surface area (Å²) in [7, 11) is -1.52. The average molecular weight is 599 g/mol. The Hall–Kier alpha value is -3.21. The van der Waals surface area contributed by atoms with Gasteiger partial charge in [-0.3, -0.25) is 4.79 Å². The van der Waals surface area contributed by atoms with Crippen molar-refractivity contribution >= 4 is 10.0 Å². The standard InChI is InChI=1S/C32H39FN2O6S/c1-20-15-23(33)16-21(2)31(20)41-28-12-7-22(32(3,4)37)17-26(28)27-19-34(5)30(36)18-29(27)40-25-10-8-24(9-11-25)35-13-6-14-42(35,38)39/h7,12,15-19,24-25,37H,6,8-11,13-14H2,1-5H3. The molecule has 0 atom stereocenters. The largest absolute Gasteiger partial charge is 0.490 e. The molecule has 2 aromatic carbocycles. The third-order valence-corrected chi connectivity index (χ3v) is 10.3. The van der Waals surface area contributed by atoms with Crippen molar-refractivity contribution < 1.29 is 27.4 Å². The van der Waals surface area contributed by atoms with Crippen LogP contribution in [-0.2, 0) is 22.7 Å². The Labute approximate surface area is 246 Å². The number of aryl methyl sites for hydroxylation is 3. The molecule has 3 aromatic rings. The first-order chi connectivity index (χ1) is 19.7. The fourth-order valence-electron chi connectivity index (χ4n) is 5.99. The summed E-state index contributed by atoms with van der Waals surface area (Å²) in [6, 6.07) is 9.64. The van der Waals surface area contributed by atoms with Gasteiger partial charge in [-0.2, -0.15) is 4.31 Å². The highest BCUT2D eigenvalue weighted by atomic mass is 32.2. The molecule has 5 rings (SSSR count). The number of aromatic nitrogens is 1. The van der Waals surface area contributed by atoms with Gasteiger partial charge in [-0.05, 0) is 101 Å². The number of pyridine rings is 1. The van der Waals surface area contributed by atoms with Gasteiger partial charge in [0, 0.05) is 43.0 Å². The van der Waals surface area contributed by atoms with Crippen molar-refractivity contribution in [3.63, 3.8) is 0 Å². The fourth-order valence-corrected chi connectivity index (χ4v) is 7.79. The van der Waals surface area contributed by atoms with Crippen molar-refractivity contribution in [2.45, 2.75) is 77.5 Å². The van der Waals surface area contributed by atoms with Gasteiger partial charge in [-0.25, -0.2) is 12.8 Å². The summed E-state index contributed by atoms with van der Waals surface area (Å²) < 4.78 is 54.9. The van der Waals surface area contributed by atoms with Crippen LogP contribution in [0.3, 0.4) is 0 Å². The van der Waals surface area contributed by atoms with Gasteiger partial charge in [0.25, 0.3) is 5.56 Å². The van der Waals surface area contributed by atoms with Crippen molar-refractivity contribution in [3.05, 3.63) is 75.5 Å². The zero-order valence-corrected chi connectivity index (χ0v) is 25.6. The molecule has 1 aliphatic heterocycles. The Morgan fingerprint density at radius 2 is 1.64 bits per heavy atom. The van der Waals surface area contributed by atoms with Crippen molar-refractivity contribution in [2.75, 3.05) is 12.3 Å². The van der Waals surface area contributed by atoms with Crippen molar-refractivity contribution in [1.82, 2.24) is 8.87 Å². The normalized spacial score (nSPS) is 20.9. The number of benzene rings is 2.